The van der Waals surface area contributed by atoms with E-state index in [1.54, 1.807) is 25.1 Å². The molecule has 0 radical (unpaired) electrons. The van der Waals surface area contributed by atoms with Gasteiger partial charge >= 0.3 is 5.97 Å². The first-order valence-corrected chi connectivity index (χ1v) is 7.15. The molecular formula is C14H13Cl2N3O3. The molecule has 0 aliphatic heterocycles. The van der Waals surface area contributed by atoms with E-state index in [1.165, 1.54) is 0 Å². The number of ether oxygens (including phenoxy) is 2. The van der Waals surface area contributed by atoms with E-state index >= 15 is 0 Å². The lowest BCUT2D eigenvalue weighted by Gasteiger charge is -2.10. The average molecular weight is 342 g/mol. The zero-order valence-electron chi connectivity index (χ0n) is 11.7. The Bertz CT molecular complexity index is 677. The fourth-order valence-electron chi connectivity index (χ4n) is 1.75. The third-order valence-electron chi connectivity index (χ3n) is 2.63. The summed E-state index contributed by atoms with van der Waals surface area (Å²) in [6.45, 7) is 5.77. The van der Waals surface area contributed by atoms with Crippen LogP contribution in [0, 0.1) is 0 Å². The SMILES string of the molecule is C=CCOc1c(Cl)cc(-c2n[nH]nc2C(=O)OCC)cc1Cl. The van der Waals surface area contributed by atoms with Crippen molar-refractivity contribution in [2.75, 3.05) is 13.2 Å². The van der Waals surface area contributed by atoms with Crippen molar-refractivity contribution < 1.29 is 14.3 Å². The van der Waals surface area contributed by atoms with Crippen molar-refractivity contribution >= 4 is 29.2 Å². The van der Waals surface area contributed by atoms with Gasteiger partial charge in [0.25, 0.3) is 0 Å². The van der Waals surface area contributed by atoms with Crippen LogP contribution >= 0.6 is 23.2 Å². The van der Waals surface area contributed by atoms with Gasteiger partial charge in [0.2, 0.25) is 0 Å². The van der Waals surface area contributed by atoms with Crippen molar-refractivity contribution in [1.82, 2.24) is 15.4 Å². The molecule has 0 saturated carbocycles. The van der Waals surface area contributed by atoms with Gasteiger partial charge in [0.15, 0.2) is 11.4 Å². The molecule has 116 valence electrons. The van der Waals surface area contributed by atoms with Crippen molar-refractivity contribution in [2.24, 2.45) is 0 Å². The third kappa shape index (κ3) is 3.40. The number of nitrogens with zero attached hydrogens (tertiary/aromatic N) is 2. The van der Waals surface area contributed by atoms with E-state index < -0.39 is 5.97 Å². The van der Waals surface area contributed by atoms with Gasteiger partial charge in [-0.25, -0.2) is 4.79 Å². The molecule has 8 heteroatoms. The Morgan fingerprint density at radius 3 is 2.64 bits per heavy atom. The molecule has 1 aromatic carbocycles. The summed E-state index contributed by atoms with van der Waals surface area (Å²) < 4.78 is 10.3. The van der Waals surface area contributed by atoms with Crippen LogP contribution in [0.5, 0.6) is 5.75 Å². The van der Waals surface area contributed by atoms with Gasteiger partial charge in [-0.1, -0.05) is 35.9 Å². The molecule has 0 bridgehead atoms. The lowest BCUT2D eigenvalue weighted by atomic mass is 10.1. The molecule has 0 aliphatic rings. The predicted molar refractivity (Wildman–Crippen MR) is 83.5 cm³/mol. The van der Waals surface area contributed by atoms with Crippen LogP contribution in [-0.2, 0) is 4.74 Å². The minimum absolute atomic E-state index is 0.0637. The van der Waals surface area contributed by atoms with Gasteiger partial charge in [0, 0.05) is 5.56 Å². The van der Waals surface area contributed by atoms with Crippen molar-refractivity contribution in [3.05, 3.63) is 40.5 Å². The Morgan fingerprint density at radius 1 is 1.36 bits per heavy atom. The lowest BCUT2D eigenvalue weighted by molar-refractivity contribution is 0.0520. The van der Waals surface area contributed by atoms with Gasteiger partial charge in [-0.3, -0.25) is 0 Å². The van der Waals surface area contributed by atoms with Gasteiger partial charge in [-0.05, 0) is 19.1 Å². The van der Waals surface area contributed by atoms with E-state index in [2.05, 4.69) is 22.0 Å². The van der Waals surface area contributed by atoms with Gasteiger partial charge in [0.05, 0.1) is 16.7 Å². The Morgan fingerprint density at radius 2 is 2.05 bits per heavy atom. The van der Waals surface area contributed by atoms with Crippen molar-refractivity contribution in [2.45, 2.75) is 6.92 Å². The molecule has 22 heavy (non-hydrogen) atoms. The molecule has 1 N–H and O–H groups in total. The minimum Gasteiger partial charge on any atom is -0.486 e. The second-order valence-corrected chi connectivity index (χ2v) is 4.92. The van der Waals surface area contributed by atoms with E-state index in [-0.39, 0.29) is 18.9 Å². The number of carbonyl (C=O) groups excluding carboxylic acids is 1. The number of H-pyrrole nitrogens is 1. The molecule has 2 rings (SSSR count). The fraction of sp³-hybridized carbons (Fsp3) is 0.214. The highest BCUT2D eigenvalue weighted by atomic mass is 35.5. The molecule has 0 fully saturated rings. The predicted octanol–water partition coefficient (Wildman–Crippen LogP) is 3.52. The summed E-state index contributed by atoms with van der Waals surface area (Å²) >= 11 is 12.3. The Hall–Kier alpha value is -2.05. The fourth-order valence-corrected chi connectivity index (χ4v) is 2.35. The molecule has 1 heterocycles. The zero-order chi connectivity index (χ0) is 16.1. The maximum atomic E-state index is 11.8. The smallest absolute Gasteiger partial charge is 0.361 e. The first-order valence-electron chi connectivity index (χ1n) is 6.39. The Kier molecular flexibility index (Phi) is 5.41. The van der Waals surface area contributed by atoms with E-state index in [0.717, 1.165) is 0 Å². The van der Waals surface area contributed by atoms with Crippen molar-refractivity contribution in [3.63, 3.8) is 0 Å². The Labute approximate surface area is 137 Å². The van der Waals surface area contributed by atoms with Crippen LogP contribution in [0.25, 0.3) is 11.3 Å². The molecule has 0 atom stereocenters. The van der Waals surface area contributed by atoms with Gasteiger partial charge in [-0.15, -0.1) is 5.10 Å². The molecule has 0 spiro atoms. The maximum Gasteiger partial charge on any atom is 0.361 e. The summed E-state index contributed by atoms with van der Waals surface area (Å²) in [7, 11) is 0. The first kappa shape index (κ1) is 16.3. The molecule has 2 aromatic rings. The number of esters is 1. The average Bonchev–Trinajstić information content (AvgIpc) is 2.96. The van der Waals surface area contributed by atoms with E-state index in [0.29, 0.717) is 27.1 Å². The summed E-state index contributed by atoms with van der Waals surface area (Å²) in [4.78, 5) is 11.8. The second-order valence-electron chi connectivity index (χ2n) is 4.11. The summed E-state index contributed by atoms with van der Waals surface area (Å²) in [6, 6.07) is 3.18. The number of benzene rings is 1. The first-order chi connectivity index (χ1) is 10.6. The Balaban J connectivity index is 2.40. The van der Waals surface area contributed by atoms with Crippen LogP contribution in [0.2, 0.25) is 10.0 Å². The third-order valence-corrected chi connectivity index (χ3v) is 3.20. The van der Waals surface area contributed by atoms with E-state index in [1.807, 2.05) is 0 Å². The maximum absolute atomic E-state index is 11.8. The normalized spacial score (nSPS) is 10.3. The molecule has 0 unspecified atom stereocenters. The zero-order valence-corrected chi connectivity index (χ0v) is 13.2. The number of carbonyl (C=O) groups is 1. The summed E-state index contributed by atoms with van der Waals surface area (Å²) in [5, 5.41) is 10.7. The van der Waals surface area contributed by atoms with Gasteiger partial charge in [-0.2, -0.15) is 10.3 Å². The van der Waals surface area contributed by atoms with Crippen LogP contribution < -0.4 is 4.74 Å². The summed E-state index contributed by atoms with van der Waals surface area (Å²) in [5.41, 5.74) is 0.893. The van der Waals surface area contributed by atoms with Crippen LogP contribution in [0.4, 0.5) is 0 Å². The summed E-state index contributed by atoms with van der Waals surface area (Å²) in [6.07, 6.45) is 1.58. The molecule has 0 aliphatic carbocycles. The lowest BCUT2D eigenvalue weighted by Crippen LogP contribution is -2.06. The molecular weight excluding hydrogens is 329 g/mol. The number of halogens is 2. The van der Waals surface area contributed by atoms with Crippen LogP contribution in [-0.4, -0.2) is 34.6 Å². The minimum atomic E-state index is -0.578. The quantitative estimate of drug-likeness (QED) is 0.642. The van der Waals surface area contributed by atoms with Crippen molar-refractivity contribution in [3.8, 4) is 17.0 Å². The number of hydrogen-bond donors (Lipinski definition) is 1. The highest BCUT2D eigenvalue weighted by molar-refractivity contribution is 6.37. The number of aromatic amines is 1. The van der Waals surface area contributed by atoms with Gasteiger partial charge in [0.1, 0.15) is 12.3 Å². The van der Waals surface area contributed by atoms with Crippen LogP contribution in [0.15, 0.2) is 24.8 Å². The molecule has 1 aromatic heterocycles. The standard InChI is InChI=1S/C14H13Cl2N3O3/c1-3-5-22-13-9(15)6-8(7-10(13)16)11-12(18-19-17-11)14(20)21-4-2/h3,6-7H,1,4-5H2,2H3,(H,17,18,19). The molecule has 0 saturated heterocycles. The highest BCUT2D eigenvalue weighted by Crippen LogP contribution is 2.37. The number of rotatable bonds is 6. The highest BCUT2D eigenvalue weighted by Gasteiger charge is 2.21. The number of hydrogen-bond acceptors (Lipinski definition) is 5. The van der Waals surface area contributed by atoms with Crippen molar-refractivity contribution in [1.29, 1.82) is 0 Å². The monoisotopic (exact) mass is 341 g/mol. The van der Waals surface area contributed by atoms with E-state index in [9.17, 15) is 4.79 Å². The number of nitrogens with one attached hydrogen (secondary N) is 1. The number of aromatic nitrogens is 3. The van der Waals surface area contributed by atoms with Crippen LogP contribution in [0.3, 0.4) is 0 Å². The van der Waals surface area contributed by atoms with Crippen LogP contribution in [0.1, 0.15) is 17.4 Å². The second kappa shape index (κ2) is 7.29. The molecule has 6 nitrogen and oxygen atoms in total. The topological polar surface area (TPSA) is 77.1 Å². The van der Waals surface area contributed by atoms with Gasteiger partial charge < -0.3 is 9.47 Å². The summed E-state index contributed by atoms with van der Waals surface area (Å²) in [5.74, 6) is -0.237. The molecule has 0 amide bonds. The largest absolute Gasteiger partial charge is 0.486 e. The van der Waals surface area contributed by atoms with E-state index in [4.69, 9.17) is 32.7 Å².